The predicted octanol–water partition coefficient (Wildman–Crippen LogP) is 3.63. The van der Waals surface area contributed by atoms with Crippen LogP contribution in [-0.2, 0) is 0 Å². The predicted molar refractivity (Wildman–Crippen MR) is 75.1 cm³/mol. The molecule has 0 fully saturated rings. The van der Waals surface area contributed by atoms with Crippen molar-refractivity contribution in [2.75, 3.05) is 7.05 Å². The normalized spacial score (nSPS) is 11.6. The Morgan fingerprint density at radius 2 is 1.79 bits per heavy atom. The van der Waals surface area contributed by atoms with Gasteiger partial charge in [-0.2, -0.15) is 5.26 Å². The number of nitrogens with one attached hydrogen (secondary N) is 1. The molecule has 1 unspecified atom stereocenters. The zero-order valence-electron chi connectivity index (χ0n) is 11.1. The molecule has 19 heavy (non-hydrogen) atoms. The highest BCUT2D eigenvalue weighted by Crippen LogP contribution is 2.29. The maximum absolute atomic E-state index is 8.77. The van der Waals surface area contributed by atoms with Crippen LogP contribution in [-0.4, -0.2) is 7.05 Å². The molecule has 0 bridgehead atoms. The van der Waals surface area contributed by atoms with Crippen LogP contribution in [0, 0.1) is 11.3 Å². The summed E-state index contributed by atoms with van der Waals surface area (Å²) in [5.41, 5.74) is 1.73. The summed E-state index contributed by atoms with van der Waals surface area (Å²) < 4.78 is 5.88. The molecule has 3 heteroatoms. The van der Waals surface area contributed by atoms with E-state index in [-0.39, 0.29) is 6.04 Å². The summed E-state index contributed by atoms with van der Waals surface area (Å²) in [6.07, 6.45) is 0. The molecular weight excluding hydrogens is 236 g/mol. The molecule has 0 spiro atoms. The number of rotatable bonds is 4. The summed E-state index contributed by atoms with van der Waals surface area (Å²) in [5.74, 6) is 1.56. The summed E-state index contributed by atoms with van der Waals surface area (Å²) in [7, 11) is 1.92. The molecule has 0 amide bonds. The van der Waals surface area contributed by atoms with E-state index in [1.165, 1.54) is 0 Å². The Balaban J connectivity index is 2.25. The van der Waals surface area contributed by atoms with Crippen molar-refractivity contribution in [3.05, 3.63) is 59.7 Å². The average molecular weight is 252 g/mol. The number of hydrogen-bond donors (Lipinski definition) is 1. The van der Waals surface area contributed by atoms with Crippen molar-refractivity contribution in [3.63, 3.8) is 0 Å². The monoisotopic (exact) mass is 252 g/mol. The second-order valence-corrected chi connectivity index (χ2v) is 4.29. The van der Waals surface area contributed by atoms with Crippen LogP contribution in [0.4, 0.5) is 0 Å². The lowest BCUT2D eigenvalue weighted by Crippen LogP contribution is -2.13. The van der Waals surface area contributed by atoms with Crippen LogP contribution in [0.2, 0.25) is 0 Å². The Bertz CT molecular complexity index is 584. The summed E-state index contributed by atoms with van der Waals surface area (Å²) >= 11 is 0. The van der Waals surface area contributed by atoms with Gasteiger partial charge in [-0.25, -0.2) is 0 Å². The van der Waals surface area contributed by atoms with Gasteiger partial charge in [0.05, 0.1) is 11.6 Å². The summed E-state index contributed by atoms with van der Waals surface area (Å²) in [4.78, 5) is 0. The van der Waals surface area contributed by atoms with Crippen LogP contribution in [0.25, 0.3) is 0 Å². The van der Waals surface area contributed by atoms with Crippen LogP contribution < -0.4 is 10.1 Å². The molecule has 0 heterocycles. The number of nitriles is 1. The summed E-state index contributed by atoms with van der Waals surface area (Å²) in [5, 5.41) is 12.0. The minimum Gasteiger partial charge on any atom is -0.457 e. The number of ether oxygens (including phenoxy) is 1. The van der Waals surface area contributed by atoms with Crippen molar-refractivity contribution < 1.29 is 4.74 Å². The van der Waals surface area contributed by atoms with Crippen LogP contribution in [0.1, 0.15) is 24.1 Å². The highest BCUT2D eigenvalue weighted by Gasteiger charge is 2.09. The van der Waals surface area contributed by atoms with Crippen molar-refractivity contribution in [2.24, 2.45) is 0 Å². The highest BCUT2D eigenvalue weighted by molar-refractivity contribution is 5.41. The fourth-order valence-electron chi connectivity index (χ4n) is 1.81. The summed E-state index contributed by atoms with van der Waals surface area (Å²) in [6.45, 7) is 2.08. The zero-order valence-corrected chi connectivity index (χ0v) is 11.1. The lowest BCUT2D eigenvalue weighted by atomic mass is 10.1. The third kappa shape index (κ3) is 3.12. The Kier molecular flexibility index (Phi) is 4.17. The van der Waals surface area contributed by atoms with E-state index in [4.69, 9.17) is 10.00 Å². The van der Waals surface area contributed by atoms with E-state index in [0.717, 1.165) is 17.1 Å². The van der Waals surface area contributed by atoms with Gasteiger partial charge in [0, 0.05) is 11.6 Å². The molecule has 0 aliphatic heterocycles. The van der Waals surface area contributed by atoms with Gasteiger partial charge in [-0.1, -0.05) is 18.2 Å². The summed E-state index contributed by atoms with van der Waals surface area (Å²) in [6, 6.07) is 17.3. The van der Waals surface area contributed by atoms with E-state index in [9.17, 15) is 0 Å². The van der Waals surface area contributed by atoms with Gasteiger partial charge in [0.25, 0.3) is 0 Å². The first kappa shape index (κ1) is 13.1. The highest BCUT2D eigenvalue weighted by atomic mass is 16.5. The first-order chi connectivity index (χ1) is 9.24. The third-order valence-electron chi connectivity index (χ3n) is 3.03. The average Bonchev–Trinajstić information content (AvgIpc) is 2.48. The van der Waals surface area contributed by atoms with Crippen molar-refractivity contribution in [1.82, 2.24) is 5.32 Å². The number of para-hydroxylation sites is 1. The fraction of sp³-hybridized carbons (Fsp3) is 0.188. The molecule has 0 aromatic heterocycles. The number of benzene rings is 2. The topological polar surface area (TPSA) is 45.0 Å². The molecule has 0 aliphatic carbocycles. The fourth-order valence-corrected chi connectivity index (χ4v) is 1.81. The Labute approximate surface area is 113 Å². The van der Waals surface area contributed by atoms with Gasteiger partial charge in [-0.3, -0.25) is 0 Å². The van der Waals surface area contributed by atoms with Gasteiger partial charge in [0.2, 0.25) is 0 Å². The van der Waals surface area contributed by atoms with E-state index in [0.29, 0.717) is 5.56 Å². The molecule has 1 atom stereocenters. The minimum absolute atomic E-state index is 0.217. The molecule has 0 saturated carbocycles. The van der Waals surface area contributed by atoms with Crippen LogP contribution in [0.5, 0.6) is 11.5 Å². The van der Waals surface area contributed by atoms with E-state index >= 15 is 0 Å². The number of hydrogen-bond acceptors (Lipinski definition) is 3. The van der Waals surface area contributed by atoms with E-state index in [2.05, 4.69) is 18.3 Å². The van der Waals surface area contributed by atoms with Gasteiger partial charge in [-0.15, -0.1) is 0 Å². The Morgan fingerprint density at radius 1 is 1.11 bits per heavy atom. The second kappa shape index (κ2) is 6.03. The van der Waals surface area contributed by atoms with Crippen molar-refractivity contribution in [1.29, 1.82) is 5.26 Å². The molecule has 2 rings (SSSR count). The Morgan fingerprint density at radius 3 is 2.42 bits per heavy atom. The quantitative estimate of drug-likeness (QED) is 0.903. The standard InChI is InChI=1S/C16H16N2O/c1-12(18-2)15-5-3-4-6-16(15)19-14-9-7-13(11-17)8-10-14/h3-10,12,18H,1-2H3. The zero-order chi connectivity index (χ0) is 13.7. The SMILES string of the molecule is CNC(C)c1ccccc1Oc1ccc(C#N)cc1. The van der Waals surface area contributed by atoms with Crippen LogP contribution in [0.3, 0.4) is 0 Å². The molecular formula is C16H16N2O. The lowest BCUT2D eigenvalue weighted by molar-refractivity contribution is 0.466. The second-order valence-electron chi connectivity index (χ2n) is 4.29. The van der Waals surface area contributed by atoms with Crippen LogP contribution in [0.15, 0.2) is 48.5 Å². The van der Waals surface area contributed by atoms with Gasteiger partial charge >= 0.3 is 0 Å². The molecule has 1 N–H and O–H groups in total. The largest absolute Gasteiger partial charge is 0.457 e. The lowest BCUT2D eigenvalue weighted by Gasteiger charge is -2.16. The number of nitrogens with zero attached hydrogens (tertiary/aromatic N) is 1. The van der Waals surface area contributed by atoms with Crippen LogP contribution >= 0.6 is 0 Å². The molecule has 3 nitrogen and oxygen atoms in total. The molecule has 0 aliphatic rings. The minimum atomic E-state index is 0.217. The third-order valence-corrected chi connectivity index (χ3v) is 3.03. The Hall–Kier alpha value is -2.31. The van der Waals surface area contributed by atoms with Crippen molar-refractivity contribution in [2.45, 2.75) is 13.0 Å². The smallest absolute Gasteiger partial charge is 0.132 e. The molecule has 2 aromatic carbocycles. The first-order valence-corrected chi connectivity index (χ1v) is 6.19. The van der Waals surface area contributed by atoms with E-state index in [1.54, 1.807) is 24.3 Å². The van der Waals surface area contributed by atoms with E-state index < -0.39 is 0 Å². The van der Waals surface area contributed by atoms with Crippen molar-refractivity contribution >= 4 is 0 Å². The van der Waals surface area contributed by atoms with E-state index in [1.807, 2.05) is 31.3 Å². The van der Waals surface area contributed by atoms with Gasteiger partial charge in [-0.05, 0) is 44.3 Å². The molecule has 2 aromatic rings. The first-order valence-electron chi connectivity index (χ1n) is 6.19. The van der Waals surface area contributed by atoms with Gasteiger partial charge in [0.1, 0.15) is 11.5 Å². The molecule has 96 valence electrons. The van der Waals surface area contributed by atoms with Crippen molar-refractivity contribution in [3.8, 4) is 17.6 Å². The molecule has 0 radical (unpaired) electrons. The van der Waals surface area contributed by atoms with Gasteiger partial charge in [0.15, 0.2) is 0 Å². The molecule has 0 saturated heterocycles. The van der Waals surface area contributed by atoms with Gasteiger partial charge < -0.3 is 10.1 Å². The maximum atomic E-state index is 8.77. The maximum Gasteiger partial charge on any atom is 0.132 e.